The first-order valence-corrected chi connectivity index (χ1v) is 11.5. The molecular formula is C29H18O8. The van der Waals surface area contributed by atoms with Crippen LogP contribution in [0.3, 0.4) is 0 Å². The van der Waals surface area contributed by atoms with Gasteiger partial charge in [0.2, 0.25) is 5.76 Å². The van der Waals surface area contributed by atoms with E-state index in [1.807, 2.05) is 19.1 Å². The quantitative estimate of drug-likeness (QED) is 0.165. The molecule has 0 radical (unpaired) electrons. The average molecular weight is 494 g/mol. The first kappa shape index (κ1) is 22.4. The second-order valence-corrected chi connectivity index (χ2v) is 8.23. The highest BCUT2D eigenvalue weighted by molar-refractivity contribution is 5.97. The molecule has 0 saturated carbocycles. The molecule has 0 fully saturated rings. The minimum atomic E-state index is -0.700. The SMILES string of the molecule is CCOc1cccc2cc(-c3cc(=O)oc4cc(OC(=O)c5cc6ccccc6o5)ccc34)c(=O)oc12. The van der Waals surface area contributed by atoms with Gasteiger partial charge in [0.05, 0.1) is 12.2 Å². The molecule has 3 aromatic heterocycles. The third-order valence-corrected chi connectivity index (χ3v) is 5.87. The molecule has 0 aliphatic carbocycles. The molecule has 8 heteroatoms. The Labute approximate surface area is 208 Å². The standard InChI is InChI=1S/C29H18O8/c1-2-33-23-9-5-7-17-12-21(28(31)37-27(17)23)20-15-26(30)36-24-14-18(10-11-19(20)24)34-29(32)25-13-16-6-3-4-8-22(16)35-25/h3-15H,2H2,1H3. The second kappa shape index (κ2) is 8.83. The molecule has 37 heavy (non-hydrogen) atoms. The summed E-state index contributed by atoms with van der Waals surface area (Å²) in [4.78, 5) is 38.0. The predicted molar refractivity (Wildman–Crippen MR) is 136 cm³/mol. The Morgan fingerprint density at radius 2 is 1.62 bits per heavy atom. The van der Waals surface area contributed by atoms with Crippen LogP contribution >= 0.6 is 0 Å². The summed E-state index contributed by atoms with van der Waals surface area (Å²) in [5.41, 5.74) is 0.235. The second-order valence-electron chi connectivity index (χ2n) is 8.23. The highest BCUT2D eigenvalue weighted by Gasteiger charge is 2.18. The summed E-state index contributed by atoms with van der Waals surface area (Å²) in [7, 11) is 0. The maximum absolute atomic E-state index is 13.0. The fourth-order valence-corrected chi connectivity index (χ4v) is 4.24. The van der Waals surface area contributed by atoms with Gasteiger partial charge in [-0.1, -0.05) is 30.3 Å². The zero-order valence-electron chi connectivity index (χ0n) is 19.5. The van der Waals surface area contributed by atoms with Crippen molar-refractivity contribution in [3.05, 3.63) is 105 Å². The smallest absolute Gasteiger partial charge is 0.379 e. The number of esters is 1. The van der Waals surface area contributed by atoms with Crippen molar-refractivity contribution in [1.29, 1.82) is 0 Å². The molecule has 0 unspecified atom stereocenters. The van der Waals surface area contributed by atoms with Crippen molar-refractivity contribution in [2.24, 2.45) is 0 Å². The average Bonchev–Trinajstić information content (AvgIpc) is 3.33. The summed E-state index contributed by atoms with van der Waals surface area (Å²) < 4.78 is 27.5. The van der Waals surface area contributed by atoms with Crippen LogP contribution in [-0.2, 0) is 0 Å². The third-order valence-electron chi connectivity index (χ3n) is 5.87. The van der Waals surface area contributed by atoms with Crippen LogP contribution in [0.15, 0.2) is 102 Å². The number of carbonyl (C=O) groups excluding carboxylic acids is 1. The van der Waals surface area contributed by atoms with Crippen molar-refractivity contribution in [2.45, 2.75) is 6.92 Å². The number of benzene rings is 3. The van der Waals surface area contributed by atoms with Gasteiger partial charge in [-0.2, -0.15) is 0 Å². The van der Waals surface area contributed by atoms with E-state index in [1.165, 1.54) is 12.1 Å². The molecular weight excluding hydrogens is 476 g/mol. The Morgan fingerprint density at radius 1 is 0.784 bits per heavy atom. The van der Waals surface area contributed by atoms with Crippen LogP contribution in [0.25, 0.3) is 44.0 Å². The van der Waals surface area contributed by atoms with Crippen molar-refractivity contribution in [2.75, 3.05) is 6.61 Å². The Kier molecular flexibility index (Phi) is 5.34. The molecule has 8 nitrogen and oxygen atoms in total. The lowest BCUT2D eigenvalue weighted by molar-refractivity contribution is 0.0704. The molecule has 6 aromatic rings. The number of fused-ring (bicyclic) bond motifs is 3. The van der Waals surface area contributed by atoms with Gasteiger partial charge in [-0.25, -0.2) is 14.4 Å². The number of ether oxygens (including phenoxy) is 2. The molecule has 6 rings (SSSR count). The maximum Gasteiger partial charge on any atom is 0.379 e. The van der Waals surface area contributed by atoms with Crippen LogP contribution in [-0.4, -0.2) is 12.6 Å². The Morgan fingerprint density at radius 3 is 2.46 bits per heavy atom. The lowest BCUT2D eigenvalue weighted by Crippen LogP contribution is -2.08. The van der Waals surface area contributed by atoms with E-state index >= 15 is 0 Å². The van der Waals surface area contributed by atoms with Crippen LogP contribution in [0, 0.1) is 0 Å². The van der Waals surface area contributed by atoms with E-state index in [4.69, 9.17) is 22.7 Å². The fourth-order valence-electron chi connectivity index (χ4n) is 4.24. The van der Waals surface area contributed by atoms with Gasteiger partial charge in [0, 0.05) is 33.9 Å². The number of carbonyl (C=O) groups is 1. The molecule has 0 aliphatic heterocycles. The van der Waals surface area contributed by atoms with Crippen LogP contribution in [0.1, 0.15) is 17.5 Å². The monoisotopic (exact) mass is 494 g/mol. The van der Waals surface area contributed by atoms with E-state index in [9.17, 15) is 14.4 Å². The normalized spacial score (nSPS) is 11.3. The molecule has 0 spiro atoms. The molecule has 0 bridgehead atoms. The molecule has 3 aromatic carbocycles. The number of furan rings is 1. The fraction of sp³-hybridized carbons (Fsp3) is 0.0690. The lowest BCUT2D eigenvalue weighted by atomic mass is 10.0. The van der Waals surface area contributed by atoms with Gasteiger partial charge in [-0.3, -0.25) is 0 Å². The number of para-hydroxylation sites is 2. The summed E-state index contributed by atoms with van der Waals surface area (Å²) in [5.74, 6) is -0.0619. The first-order chi connectivity index (χ1) is 18.0. The van der Waals surface area contributed by atoms with Gasteiger partial charge in [0.25, 0.3) is 0 Å². The van der Waals surface area contributed by atoms with Crippen LogP contribution in [0.5, 0.6) is 11.5 Å². The van der Waals surface area contributed by atoms with E-state index in [0.29, 0.717) is 39.9 Å². The molecule has 0 atom stereocenters. The Hall–Kier alpha value is -5.11. The van der Waals surface area contributed by atoms with Gasteiger partial charge in [-0.05, 0) is 43.3 Å². The van der Waals surface area contributed by atoms with Crippen LogP contribution in [0.2, 0.25) is 0 Å². The highest BCUT2D eigenvalue weighted by Crippen LogP contribution is 2.32. The molecule has 0 saturated heterocycles. The summed E-state index contributed by atoms with van der Waals surface area (Å²) in [6.45, 7) is 2.25. The molecule has 0 aliphatic rings. The zero-order chi connectivity index (χ0) is 25.5. The zero-order valence-corrected chi connectivity index (χ0v) is 19.5. The molecule has 3 heterocycles. The predicted octanol–water partition coefficient (Wildman–Crippen LogP) is 5.93. The van der Waals surface area contributed by atoms with E-state index in [1.54, 1.807) is 54.6 Å². The molecule has 0 N–H and O–H groups in total. The highest BCUT2D eigenvalue weighted by atomic mass is 16.5. The first-order valence-electron chi connectivity index (χ1n) is 11.5. The van der Waals surface area contributed by atoms with Gasteiger partial charge in [-0.15, -0.1) is 0 Å². The Balaban J connectivity index is 1.40. The van der Waals surface area contributed by atoms with Crippen molar-refractivity contribution in [1.82, 2.24) is 0 Å². The summed E-state index contributed by atoms with van der Waals surface area (Å²) in [6, 6.07) is 21.5. The molecule has 0 amide bonds. The van der Waals surface area contributed by atoms with Crippen LogP contribution in [0.4, 0.5) is 0 Å². The van der Waals surface area contributed by atoms with Gasteiger partial charge < -0.3 is 22.7 Å². The summed E-state index contributed by atoms with van der Waals surface area (Å²) in [5, 5.41) is 1.88. The van der Waals surface area contributed by atoms with Gasteiger partial charge in [0.1, 0.15) is 16.9 Å². The van der Waals surface area contributed by atoms with Crippen molar-refractivity contribution in [3.8, 4) is 22.6 Å². The van der Waals surface area contributed by atoms with Gasteiger partial charge in [0.15, 0.2) is 11.3 Å². The van der Waals surface area contributed by atoms with Crippen molar-refractivity contribution in [3.63, 3.8) is 0 Å². The van der Waals surface area contributed by atoms with Crippen molar-refractivity contribution < 1.29 is 27.5 Å². The van der Waals surface area contributed by atoms with E-state index in [-0.39, 0.29) is 22.7 Å². The van der Waals surface area contributed by atoms with Crippen LogP contribution < -0.4 is 20.7 Å². The van der Waals surface area contributed by atoms with Crippen molar-refractivity contribution >= 4 is 38.9 Å². The lowest BCUT2D eigenvalue weighted by Gasteiger charge is -2.09. The van der Waals surface area contributed by atoms with E-state index in [2.05, 4.69) is 0 Å². The van der Waals surface area contributed by atoms with E-state index in [0.717, 1.165) is 5.39 Å². The number of hydrogen-bond donors (Lipinski definition) is 0. The van der Waals surface area contributed by atoms with E-state index < -0.39 is 17.2 Å². The molecule has 182 valence electrons. The topological polar surface area (TPSA) is 109 Å². The Bertz CT molecular complexity index is 1910. The minimum Gasteiger partial charge on any atom is -0.490 e. The minimum absolute atomic E-state index is 0.0386. The summed E-state index contributed by atoms with van der Waals surface area (Å²) in [6.07, 6.45) is 0. The maximum atomic E-state index is 13.0. The largest absolute Gasteiger partial charge is 0.490 e. The third kappa shape index (κ3) is 4.04. The number of rotatable bonds is 5. The number of hydrogen-bond acceptors (Lipinski definition) is 8. The summed E-state index contributed by atoms with van der Waals surface area (Å²) >= 11 is 0. The van der Waals surface area contributed by atoms with Gasteiger partial charge >= 0.3 is 17.2 Å².